The van der Waals surface area contributed by atoms with E-state index in [2.05, 4.69) is 25.3 Å². The number of hydrogen-bond donors (Lipinski definition) is 3. The number of aliphatic hydroxyl groups excluding tert-OH is 1. The molecule has 3 rings (SSSR count). The van der Waals surface area contributed by atoms with Crippen molar-refractivity contribution in [3.63, 3.8) is 0 Å². The Morgan fingerprint density at radius 2 is 1.77 bits per heavy atom. The summed E-state index contributed by atoms with van der Waals surface area (Å²) in [5.41, 5.74) is 3.10. The van der Waals surface area contributed by atoms with Crippen molar-refractivity contribution in [1.82, 2.24) is 9.97 Å². The standard InChI is InChI=1S/C22H23F3N4O2/c1-15-6-8-16(9-7-15)14-27-20-13-19(28-21(29-20)26-10-3-11-30)17-4-2-5-18(12-17)31-22(23,24)25/h2,4-9,12-13,30H,3,10-11,14H2,1H3,(H2,26,27,28,29). The first-order valence-corrected chi connectivity index (χ1v) is 9.72. The zero-order valence-corrected chi connectivity index (χ0v) is 16.9. The van der Waals surface area contributed by atoms with E-state index in [-0.39, 0.29) is 12.4 Å². The number of halogens is 3. The second-order valence-electron chi connectivity index (χ2n) is 6.88. The van der Waals surface area contributed by atoms with Crippen molar-refractivity contribution in [2.45, 2.75) is 26.3 Å². The minimum atomic E-state index is -4.78. The summed E-state index contributed by atoms with van der Waals surface area (Å²) in [6.45, 7) is 3.00. The summed E-state index contributed by atoms with van der Waals surface area (Å²) in [7, 11) is 0. The molecule has 0 atom stereocenters. The summed E-state index contributed by atoms with van der Waals surface area (Å²) in [5, 5.41) is 15.2. The molecule has 0 aliphatic heterocycles. The summed E-state index contributed by atoms with van der Waals surface area (Å²) >= 11 is 0. The lowest BCUT2D eigenvalue weighted by atomic mass is 10.1. The highest BCUT2D eigenvalue weighted by atomic mass is 19.4. The Bertz CT molecular complexity index is 995. The van der Waals surface area contributed by atoms with E-state index in [1.807, 2.05) is 31.2 Å². The first-order valence-electron chi connectivity index (χ1n) is 9.72. The van der Waals surface area contributed by atoms with E-state index in [1.165, 1.54) is 18.2 Å². The molecule has 6 nitrogen and oxygen atoms in total. The van der Waals surface area contributed by atoms with Gasteiger partial charge in [-0.1, -0.05) is 42.0 Å². The molecule has 31 heavy (non-hydrogen) atoms. The third kappa shape index (κ3) is 7.14. The van der Waals surface area contributed by atoms with Crippen molar-refractivity contribution in [2.24, 2.45) is 0 Å². The summed E-state index contributed by atoms with van der Waals surface area (Å²) in [4.78, 5) is 8.82. The Balaban J connectivity index is 1.86. The third-order valence-electron chi connectivity index (χ3n) is 4.30. The van der Waals surface area contributed by atoms with Gasteiger partial charge in [-0.05, 0) is 31.0 Å². The molecule has 3 N–H and O–H groups in total. The van der Waals surface area contributed by atoms with Crippen LogP contribution in [0.4, 0.5) is 24.9 Å². The topological polar surface area (TPSA) is 79.3 Å². The maximum atomic E-state index is 12.6. The molecule has 0 radical (unpaired) electrons. The number of anilines is 2. The highest BCUT2D eigenvalue weighted by Gasteiger charge is 2.31. The van der Waals surface area contributed by atoms with Crippen molar-refractivity contribution < 1.29 is 23.0 Å². The number of rotatable bonds is 9. The molecule has 1 heterocycles. The lowest BCUT2D eigenvalue weighted by Gasteiger charge is -2.13. The smallest absolute Gasteiger partial charge is 0.406 e. The number of hydrogen-bond acceptors (Lipinski definition) is 6. The fraction of sp³-hybridized carbons (Fsp3) is 0.273. The number of nitrogens with one attached hydrogen (secondary N) is 2. The fourth-order valence-electron chi connectivity index (χ4n) is 2.80. The van der Waals surface area contributed by atoms with E-state index in [4.69, 9.17) is 5.11 Å². The average molecular weight is 432 g/mol. The Labute approximate surface area is 178 Å². The van der Waals surface area contributed by atoms with Gasteiger partial charge in [0.05, 0.1) is 5.69 Å². The monoisotopic (exact) mass is 432 g/mol. The largest absolute Gasteiger partial charge is 0.573 e. The van der Waals surface area contributed by atoms with Gasteiger partial charge < -0.3 is 20.5 Å². The second-order valence-corrected chi connectivity index (χ2v) is 6.88. The molecule has 0 aliphatic rings. The average Bonchev–Trinajstić information content (AvgIpc) is 2.72. The van der Waals surface area contributed by atoms with Gasteiger partial charge >= 0.3 is 6.36 Å². The Morgan fingerprint density at radius 3 is 2.48 bits per heavy atom. The summed E-state index contributed by atoms with van der Waals surface area (Å²) < 4.78 is 41.7. The Hall–Kier alpha value is -3.33. The predicted octanol–water partition coefficient (Wildman–Crippen LogP) is 4.76. The van der Waals surface area contributed by atoms with Crippen LogP contribution >= 0.6 is 0 Å². The molecule has 3 aromatic rings. The molecule has 0 bridgehead atoms. The molecule has 0 fully saturated rings. The SMILES string of the molecule is Cc1ccc(CNc2cc(-c3cccc(OC(F)(F)F)c3)nc(NCCCO)n2)cc1. The van der Waals surface area contributed by atoms with Crippen LogP contribution in [0.25, 0.3) is 11.3 Å². The van der Waals surface area contributed by atoms with Gasteiger partial charge in [0.1, 0.15) is 11.6 Å². The van der Waals surface area contributed by atoms with Gasteiger partial charge in [0.25, 0.3) is 0 Å². The Morgan fingerprint density at radius 1 is 1.00 bits per heavy atom. The number of ether oxygens (including phenoxy) is 1. The zero-order chi connectivity index (χ0) is 22.3. The van der Waals surface area contributed by atoms with Crippen molar-refractivity contribution in [3.05, 3.63) is 65.7 Å². The van der Waals surface area contributed by atoms with Crippen molar-refractivity contribution in [3.8, 4) is 17.0 Å². The van der Waals surface area contributed by atoms with Crippen LogP contribution in [0.3, 0.4) is 0 Å². The second kappa shape index (κ2) is 10.1. The zero-order valence-electron chi connectivity index (χ0n) is 16.9. The van der Waals surface area contributed by atoms with Gasteiger partial charge in [0.2, 0.25) is 5.95 Å². The van der Waals surface area contributed by atoms with Gasteiger partial charge in [-0.25, -0.2) is 4.98 Å². The molecule has 9 heteroatoms. The van der Waals surface area contributed by atoms with Crippen LogP contribution in [0, 0.1) is 6.92 Å². The van der Waals surface area contributed by atoms with Crippen LogP contribution < -0.4 is 15.4 Å². The number of alkyl halides is 3. The van der Waals surface area contributed by atoms with E-state index < -0.39 is 6.36 Å². The van der Waals surface area contributed by atoms with Gasteiger partial charge in [0, 0.05) is 31.3 Å². The Kier molecular flexibility index (Phi) is 7.30. The number of aliphatic hydroxyl groups is 1. The van der Waals surface area contributed by atoms with E-state index in [0.717, 1.165) is 11.1 Å². The van der Waals surface area contributed by atoms with Crippen molar-refractivity contribution in [2.75, 3.05) is 23.8 Å². The highest BCUT2D eigenvalue weighted by Crippen LogP contribution is 2.28. The van der Waals surface area contributed by atoms with E-state index in [0.29, 0.717) is 42.5 Å². The molecule has 164 valence electrons. The minimum Gasteiger partial charge on any atom is -0.406 e. The number of aryl methyl sites for hydroxylation is 1. The predicted molar refractivity (Wildman–Crippen MR) is 113 cm³/mol. The quantitative estimate of drug-likeness (QED) is 0.423. The van der Waals surface area contributed by atoms with Crippen LogP contribution in [0.15, 0.2) is 54.6 Å². The lowest BCUT2D eigenvalue weighted by Crippen LogP contribution is -2.17. The number of aromatic nitrogens is 2. The van der Waals surface area contributed by atoms with Crippen molar-refractivity contribution >= 4 is 11.8 Å². The molecule has 1 aromatic heterocycles. The molecule has 0 saturated heterocycles. The first kappa shape index (κ1) is 22.4. The van der Waals surface area contributed by atoms with Crippen LogP contribution in [0.5, 0.6) is 5.75 Å². The highest BCUT2D eigenvalue weighted by molar-refractivity contribution is 5.66. The molecule has 0 saturated carbocycles. The van der Waals surface area contributed by atoms with Crippen LogP contribution in [0.1, 0.15) is 17.5 Å². The number of benzene rings is 2. The van der Waals surface area contributed by atoms with Gasteiger partial charge in [-0.3, -0.25) is 0 Å². The lowest BCUT2D eigenvalue weighted by molar-refractivity contribution is -0.274. The van der Waals surface area contributed by atoms with Gasteiger partial charge in [0.15, 0.2) is 0 Å². The summed E-state index contributed by atoms with van der Waals surface area (Å²) in [5.74, 6) is 0.492. The molecule has 0 aliphatic carbocycles. The number of nitrogens with zero attached hydrogens (tertiary/aromatic N) is 2. The van der Waals surface area contributed by atoms with Crippen molar-refractivity contribution in [1.29, 1.82) is 0 Å². The molecule has 0 unspecified atom stereocenters. The molecule has 0 spiro atoms. The van der Waals surface area contributed by atoms with Gasteiger partial charge in [-0.15, -0.1) is 13.2 Å². The molecule has 2 aromatic carbocycles. The third-order valence-corrected chi connectivity index (χ3v) is 4.30. The fourth-order valence-corrected chi connectivity index (χ4v) is 2.80. The van der Waals surface area contributed by atoms with Crippen LogP contribution in [-0.4, -0.2) is 34.6 Å². The van der Waals surface area contributed by atoms with E-state index in [9.17, 15) is 13.2 Å². The molecular formula is C22H23F3N4O2. The molecular weight excluding hydrogens is 409 g/mol. The maximum Gasteiger partial charge on any atom is 0.573 e. The first-order chi connectivity index (χ1) is 14.8. The van der Waals surface area contributed by atoms with Gasteiger partial charge in [-0.2, -0.15) is 4.98 Å². The van der Waals surface area contributed by atoms with E-state index in [1.54, 1.807) is 12.1 Å². The summed E-state index contributed by atoms with van der Waals surface area (Å²) in [6.07, 6.45) is -4.27. The molecule has 0 amide bonds. The normalized spacial score (nSPS) is 11.3. The minimum absolute atomic E-state index is 0.0159. The van der Waals surface area contributed by atoms with Crippen LogP contribution in [-0.2, 0) is 6.54 Å². The maximum absolute atomic E-state index is 12.6. The van der Waals surface area contributed by atoms with Crippen LogP contribution in [0.2, 0.25) is 0 Å². The van der Waals surface area contributed by atoms with E-state index >= 15 is 0 Å². The summed E-state index contributed by atoms with van der Waals surface area (Å²) in [6, 6.07) is 15.3.